The second kappa shape index (κ2) is 8.11. The number of aliphatic hydroxyl groups is 1. The molecule has 10 heteroatoms. The van der Waals surface area contributed by atoms with Crippen LogP contribution >= 0.6 is 27.5 Å². The van der Waals surface area contributed by atoms with Gasteiger partial charge in [0.25, 0.3) is 0 Å². The molecule has 0 saturated carbocycles. The first-order chi connectivity index (χ1) is 14.3. The van der Waals surface area contributed by atoms with Crippen molar-refractivity contribution >= 4 is 51.0 Å². The molecule has 2 amide bonds. The van der Waals surface area contributed by atoms with Gasteiger partial charge < -0.3 is 24.8 Å². The standard InChI is InChI=1S/C20H22BrClN2O6/c1-2-29-19(28)13-14-18(27)24(7-8-25)16(20(14)9-12(21)15(13)30-20)17(26)23-11-5-3-10(22)4-6-11/h3-6,12-16,25H,2,7-9H2,1H3,(H,23,26)/t12?,13-,14+,15-,16?,20?/m1/s1. The van der Waals surface area contributed by atoms with Crippen molar-refractivity contribution in [1.82, 2.24) is 4.90 Å². The Labute approximate surface area is 187 Å². The van der Waals surface area contributed by atoms with Crippen molar-refractivity contribution in [2.45, 2.75) is 35.9 Å². The maximum atomic E-state index is 13.3. The first-order valence-electron chi connectivity index (χ1n) is 9.80. The number of hydrogen-bond donors (Lipinski definition) is 2. The molecule has 3 heterocycles. The number of carbonyl (C=O) groups is 3. The van der Waals surface area contributed by atoms with E-state index in [1.165, 1.54) is 4.90 Å². The Bertz CT molecular complexity index is 867. The number of aliphatic hydroxyl groups excluding tert-OH is 1. The third-order valence-corrected chi connectivity index (χ3v) is 7.15. The van der Waals surface area contributed by atoms with Crippen LogP contribution in [0.15, 0.2) is 24.3 Å². The Morgan fingerprint density at radius 1 is 1.40 bits per heavy atom. The zero-order chi connectivity index (χ0) is 21.6. The van der Waals surface area contributed by atoms with Crippen molar-refractivity contribution in [2.24, 2.45) is 11.8 Å². The summed E-state index contributed by atoms with van der Waals surface area (Å²) < 4.78 is 11.4. The summed E-state index contributed by atoms with van der Waals surface area (Å²) >= 11 is 9.47. The van der Waals surface area contributed by atoms with E-state index in [-0.39, 0.29) is 30.5 Å². The van der Waals surface area contributed by atoms with E-state index in [4.69, 9.17) is 21.1 Å². The SMILES string of the molecule is CCOC(=O)[C@H]1[C@@H]2OC3(CC2Br)C(C(=O)Nc2ccc(Cl)cc2)N(CCO)C(=O)[C@H]13. The number of alkyl halides is 1. The number of nitrogens with zero attached hydrogens (tertiary/aromatic N) is 1. The Morgan fingerprint density at radius 3 is 2.73 bits per heavy atom. The van der Waals surface area contributed by atoms with E-state index in [0.717, 1.165) is 0 Å². The van der Waals surface area contributed by atoms with E-state index in [1.807, 2.05) is 0 Å². The van der Waals surface area contributed by atoms with Gasteiger partial charge >= 0.3 is 5.97 Å². The van der Waals surface area contributed by atoms with E-state index in [9.17, 15) is 19.5 Å². The lowest BCUT2D eigenvalue weighted by Gasteiger charge is -2.33. The van der Waals surface area contributed by atoms with Crippen LogP contribution in [0.25, 0.3) is 0 Å². The highest BCUT2D eigenvalue weighted by Crippen LogP contribution is 2.60. The van der Waals surface area contributed by atoms with Crippen LogP contribution in [-0.2, 0) is 23.9 Å². The summed E-state index contributed by atoms with van der Waals surface area (Å²) in [5.74, 6) is -2.95. The second-order valence-electron chi connectivity index (χ2n) is 7.67. The maximum absolute atomic E-state index is 13.3. The fraction of sp³-hybridized carbons (Fsp3) is 0.550. The smallest absolute Gasteiger partial charge is 0.312 e. The van der Waals surface area contributed by atoms with Gasteiger partial charge in [-0.2, -0.15) is 0 Å². The number of fused-ring (bicyclic) bond motifs is 1. The third kappa shape index (κ3) is 3.23. The molecule has 3 aliphatic heterocycles. The number of carbonyl (C=O) groups excluding carboxylic acids is 3. The molecule has 3 fully saturated rings. The average molecular weight is 502 g/mol. The van der Waals surface area contributed by atoms with Crippen LogP contribution in [0.1, 0.15) is 13.3 Å². The van der Waals surface area contributed by atoms with E-state index < -0.39 is 41.5 Å². The number of β-amino-alcohol motifs (C(OH)–C–C–N with tert-alkyl or cyclic N) is 1. The van der Waals surface area contributed by atoms with Crippen molar-refractivity contribution in [3.05, 3.63) is 29.3 Å². The van der Waals surface area contributed by atoms with Crippen LogP contribution in [0.2, 0.25) is 5.02 Å². The van der Waals surface area contributed by atoms with Gasteiger partial charge in [-0.1, -0.05) is 27.5 Å². The largest absolute Gasteiger partial charge is 0.466 e. The monoisotopic (exact) mass is 500 g/mol. The van der Waals surface area contributed by atoms with E-state index >= 15 is 0 Å². The summed E-state index contributed by atoms with van der Waals surface area (Å²) in [4.78, 5) is 40.4. The van der Waals surface area contributed by atoms with E-state index in [1.54, 1.807) is 31.2 Å². The lowest BCUT2D eigenvalue weighted by Crippen LogP contribution is -2.54. The fourth-order valence-electron chi connectivity index (χ4n) is 5.03. The Morgan fingerprint density at radius 2 is 2.10 bits per heavy atom. The van der Waals surface area contributed by atoms with Gasteiger partial charge in [0, 0.05) is 22.1 Å². The van der Waals surface area contributed by atoms with Gasteiger partial charge in [0.1, 0.15) is 11.6 Å². The summed E-state index contributed by atoms with van der Waals surface area (Å²) in [5.41, 5.74) is -0.649. The predicted molar refractivity (Wildman–Crippen MR) is 111 cm³/mol. The zero-order valence-corrected chi connectivity index (χ0v) is 18.6. The first kappa shape index (κ1) is 21.5. The molecule has 3 aliphatic rings. The Hall–Kier alpha value is -1.68. The van der Waals surface area contributed by atoms with Crippen molar-refractivity contribution < 1.29 is 29.0 Å². The molecule has 0 aromatic heterocycles. The van der Waals surface area contributed by atoms with Crippen molar-refractivity contribution in [3.63, 3.8) is 0 Å². The minimum Gasteiger partial charge on any atom is -0.466 e. The highest BCUT2D eigenvalue weighted by molar-refractivity contribution is 9.09. The molecule has 0 radical (unpaired) electrons. The number of hydrogen-bond acceptors (Lipinski definition) is 6. The van der Waals surface area contributed by atoms with Gasteiger partial charge in [-0.25, -0.2) is 0 Å². The topological polar surface area (TPSA) is 105 Å². The number of amides is 2. The second-order valence-corrected chi connectivity index (χ2v) is 9.28. The summed E-state index contributed by atoms with van der Waals surface area (Å²) in [7, 11) is 0. The van der Waals surface area contributed by atoms with Gasteiger partial charge in [-0.3, -0.25) is 14.4 Å². The molecule has 8 nitrogen and oxygen atoms in total. The number of esters is 1. The molecule has 6 atom stereocenters. The number of ether oxygens (including phenoxy) is 2. The number of halogens is 2. The van der Waals surface area contributed by atoms with Crippen molar-refractivity contribution in [3.8, 4) is 0 Å². The zero-order valence-electron chi connectivity index (χ0n) is 16.2. The Balaban J connectivity index is 1.70. The van der Waals surface area contributed by atoms with E-state index in [2.05, 4.69) is 21.2 Å². The van der Waals surface area contributed by atoms with Crippen LogP contribution in [-0.4, -0.2) is 70.1 Å². The molecular formula is C20H22BrClN2O6. The molecule has 2 N–H and O–H groups in total. The molecule has 1 aromatic rings. The minimum absolute atomic E-state index is 0.0354. The maximum Gasteiger partial charge on any atom is 0.312 e. The fourth-order valence-corrected chi connectivity index (χ4v) is 6.10. The number of likely N-dealkylation sites (tertiary alicyclic amines) is 1. The summed E-state index contributed by atoms with van der Waals surface area (Å²) in [6.07, 6.45) is -0.162. The molecule has 3 saturated heterocycles. The third-order valence-electron chi connectivity index (χ3n) is 6.05. The molecular weight excluding hydrogens is 480 g/mol. The van der Waals surface area contributed by atoms with Crippen molar-refractivity contribution in [2.75, 3.05) is 25.1 Å². The van der Waals surface area contributed by atoms with Crippen LogP contribution in [0, 0.1) is 11.8 Å². The molecule has 1 aromatic carbocycles. The van der Waals surface area contributed by atoms with Crippen LogP contribution < -0.4 is 5.32 Å². The van der Waals surface area contributed by atoms with Gasteiger partial charge in [0.2, 0.25) is 11.8 Å². The molecule has 0 aliphatic carbocycles. The quantitative estimate of drug-likeness (QED) is 0.453. The summed E-state index contributed by atoms with van der Waals surface area (Å²) in [5, 5.41) is 12.9. The van der Waals surface area contributed by atoms with Gasteiger partial charge in [-0.05, 0) is 37.6 Å². The van der Waals surface area contributed by atoms with Crippen LogP contribution in [0.5, 0.6) is 0 Å². The van der Waals surface area contributed by atoms with Gasteiger partial charge in [0.05, 0.1) is 31.2 Å². The highest BCUT2D eigenvalue weighted by atomic mass is 79.9. The predicted octanol–water partition coefficient (Wildman–Crippen LogP) is 1.58. The molecule has 2 bridgehead atoms. The number of anilines is 1. The number of benzene rings is 1. The van der Waals surface area contributed by atoms with Crippen molar-refractivity contribution in [1.29, 1.82) is 0 Å². The average Bonchev–Trinajstić information content (AvgIpc) is 3.28. The van der Waals surface area contributed by atoms with Gasteiger partial charge in [0.15, 0.2) is 0 Å². The normalized spacial score (nSPS) is 34.2. The first-order valence-corrected chi connectivity index (χ1v) is 11.1. The molecule has 3 unspecified atom stereocenters. The molecule has 30 heavy (non-hydrogen) atoms. The lowest BCUT2D eigenvalue weighted by molar-refractivity contribution is -0.154. The van der Waals surface area contributed by atoms with E-state index in [0.29, 0.717) is 17.1 Å². The minimum atomic E-state index is -1.17. The van der Waals surface area contributed by atoms with Crippen LogP contribution in [0.3, 0.4) is 0 Å². The molecule has 162 valence electrons. The number of nitrogens with one attached hydrogen (secondary N) is 1. The Kier molecular flexibility index (Phi) is 5.82. The lowest BCUT2D eigenvalue weighted by atomic mass is 9.70. The summed E-state index contributed by atoms with van der Waals surface area (Å²) in [6, 6.07) is 5.62. The number of rotatable bonds is 6. The highest BCUT2D eigenvalue weighted by Gasteiger charge is 2.76. The summed E-state index contributed by atoms with van der Waals surface area (Å²) in [6.45, 7) is 1.53. The van der Waals surface area contributed by atoms with Gasteiger partial charge in [-0.15, -0.1) is 0 Å². The molecule has 4 rings (SSSR count). The molecule has 1 spiro atoms. The van der Waals surface area contributed by atoms with Crippen LogP contribution in [0.4, 0.5) is 5.69 Å².